The fraction of sp³-hybridized carbons (Fsp3) is 0.167. The Morgan fingerprint density at radius 3 is 2.54 bits per heavy atom. The molecule has 8 heteroatoms. The maximum Gasteiger partial charge on any atom is 0.416 e. The summed E-state index contributed by atoms with van der Waals surface area (Å²) < 4.78 is 44.5. The monoisotopic (exact) mass is 363 g/mol. The predicted octanol–water partition coefficient (Wildman–Crippen LogP) is 3.59. The van der Waals surface area contributed by atoms with Crippen LogP contribution in [0.5, 0.6) is 5.75 Å². The van der Waals surface area contributed by atoms with E-state index in [4.69, 9.17) is 10.5 Å². The van der Waals surface area contributed by atoms with Gasteiger partial charge in [0.1, 0.15) is 5.75 Å². The molecule has 0 amide bonds. The van der Waals surface area contributed by atoms with Crippen LogP contribution < -0.4 is 10.5 Å². The summed E-state index contributed by atoms with van der Waals surface area (Å²) in [6.45, 7) is 0. The molecule has 1 aromatic carbocycles. The number of nitrogens with zero attached hydrogens (tertiary/aromatic N) is 2. The first kappa shape index (κ1) is 19.2. The Bertz CT molecular complexity index is 874. The molecule has 0 radical (unpaired) electrons. The first-order valence-corrected chi connectivity index (χ1v) is 7.41. The molecular formula is C18H16F3N3O2. The van der Waals surface area contributed by atoms with Crippen LogP contribution in [0.25, 0.3) is 16.7 Å². The molecule has 0 atom stereocenters. The number of alkyl halides is 3. The molecule has 0 aliphatic rings. The van der Waals surface area contributed by atoms with Gasteiger partial charge in [-0.15, -0.1) is 0 Å². The zero-order chi connectivity index (χ0) is 19.3. The van der Waals surface area contributed by atoms with E-state index < -0.39 is 11.7 Å². The van der Waals surface area contributed by atoms with Gasteiger partial charge in [0, 0.05) is 42.4 Å². The van der Waals surface area contributed by atoms with Crippen molar-refractivity contribution in [3.05, 3.63) is 53.5 Å². The van der Waals surface area contributed by atoms with Crippen molar-refractivity contribution in [3.63, 3.8) is 0 Å². The van der Waals surface area contributed by atoms with E-state index in [9.17, 15) is 18.0 Å². The second-order valence-corrected chi connectivity index (χ2v) is 5.20. The number of carbonyl (C=O) groups is 1. The third-order valence-electron chi connectivity index (χ3n) is 3.62. The summed E-state index contributed by atoms with van der Waals surface area (Å²) in [6.07, 6.45) is -0.0233. The van der Waals surface area contributed by atoms with Crippen molar-refractivity contribution in [1.29, 1.82) is 0 Å². The fourth-order valence-electron chi connectivity index (χ4n) is 2.38. The van der Waals surface area contributed by atoms with Crippen molar-refractivity contribution < 1.29 is 22.7 Å². The highest BCUT2D eigenvalue weighted by Crippen LogP contribution is 2.38. The highest BCUT2D eigenvalue weighted by Gasteiger charge is 2.31. The summed E-state index contributed by atoms with van der Waals surface area (Å²) >= 11 is 0. The van der Waals surface area contributed by atoms with Crippen molar-refractivity contribution >= 4 is 18.1 Å². The number of carbonyl (C=O) groups excluding carboxylic acids is 1. The van der Waals surface area contributed by atoms with Gasteiger partial charge in [-0.25, -0.2) is 0 Å². The number of nitrogens with two attached hydrogens (primary N) is 1. The van der Waals surface area contributed by atoms with Gasteiger partial charge in [-0.2, -0.15) is 13.2 Å². The first-order valence-electron chi connectivity index (χ1n) is 7.41. The van der Waals surface area contributed by atoms with Crippen LogP contribution in [0.15, 0.2) is 41.7 Å². The Hall–Kier alpha value is -3.16. The van der Waals surface area contributed by atoms with Crippen LogP contribution in [0.3, 0.4) is 0 Å². The number of hydrogen-bond acceptors (Lipinski definition) is 5. The zero-order valence-corrected chi connectivity index (χ0v) is 14.0. The molecule has 1 aromatic heterocycles. The molecular weight excluding hydrogens is 347 g/mol. The van der Waals surface area contributed by atoms with E-state index >= 15 is 0 Å². The van der Waals surface area contributed by atoms with E-state index in [0.717, 1.165) is 12.1 Å². The number of aromatic nitrogens is 1. The lowest BCUT2D eigenvalue weighted by Gasteiger charge is -2.15. The molecule has 0 bridgehead atoms. The van der Waals surface area contributed by atoms with Crippen molar-refractivity contribution in [2.75, 3.05) is 14.2 Å². The maximum absolute atomic E-state index is 13.1. The minimum absolute atomic E-state index is 0.121. The Kier molecular flexibility index (Phi) is 5.76. The van der Waals surface area contributed by atoms with Gasteiger partial charge in [0.05, 0.1) is 18.4 Å². The molecule has 5 nitrogen and oxygen atoms in total. The minimum Gasteiger partial charge on any atom is -0.496 e. The minimum atomic E-state index is -4.53. The number of halogens is 3. The summed E-state index contributed by atoms with van der Waals surface area (Å²) in [7, 11) is 2.88. The topological polar surface area (TPSA) is 77.6 Å². The third kappa shape index (κ3) is 3.90. The van der Waals surface area contributed by atoms with Crippen molar-refractivity contribution in [2.24, 2.45) is 10.7 Å². The number of allylic oxidation sites excluding steroid dienone is 1. The summed E-state index contributed by atoms with van der Waals surface area (Å²) in [5.74, 6) is 0.195. The average molecular weight is 363 g/mol. The third-order valence-corrected chi connectivity index (χ3v) is 3.62. The van der Waals surface area contributed by atoms with Gasteiger partial charge in [0.25, 0.3) is 0 Å². The average Bonchev–Trinajstić information content (AvgIpc) is 2.64. The normalized spacial score (nSPS) is 12.4. The number of hydrogen-bond donors (Lipinski definition) is 1. The van der Waals surface area contributed by atoms with E-state index in [1.54, 1.807) is 7.05 Å². The van der Waals surface area contributed by atoms with Gasteiger partial charge >= 0.3 is 6.18 Å². The number of aliphatic imine (C=N–C) groups is 1. The number of rotatable bonds is 5. The Balaban J connectivity index is 2.75. The van der Waals surface area contributed by atoms with E-state index in [-0.39, 0.29) is 22.4 Å². The Morgan fingerprint density at radius 2 is 2.00 bits per heavy atom. The van der Waals surface area contributed by atoms with Crippen LogP contribution >= 0.6 is 0 Å². The second-order valence-electron chi connectivity index (χ2n) is 5.20. The fourth-order valence-corrected chi connectivity index (χ4v) is 2.38. The molecule has 0 spiro atoms. The highest BCUT2D eigenvalue weighted by molar-refractivity contribution is 6.09. The molecule has 2 rings (SSSR count). The number of benzene rings is 1. The largest absolute Gasteiger partial charge is 0.496 e. The summed E-state index contributed by atoms with van der Waals surface area (Å²) in [6, 6.07) is 4.53. The summed E-state index contributed by atoms with van der Waals surface area (Å²) in [5, 5.41) is 0. The number of ether oxygens (including phenoxy) is 1. The lowest BCUT2D eigenvalue weighted by atomic mass is 9.97. The van der Waals surface area contributed by atoms with Crippen LogP contribution in [0.1, 0.15) is 21.6 Å². The van der Waals surface area contributed by atoms with E-state index in [1.807, 2.05) is 0 Å². The molecule has 0 unspecified atom stereocenters. The molecule has 0 fully saturated rings. The molecule has 136 valence electrons. The highest BCUT2D eigenvalue weighted by atomic mass is 19.4. The van der Waals surface area contributed by atoms with Crippen molar-refractivity contribution in [2.45, 2.75) is 6.18 Å². The van der Waals surface area contributed by atoms with Crippen LogP contribution in [0.2, 0.25) is 0 Å². The number of methoxy groups -OCH3 is 1. The van der Waals surface area contributed by atoms with E-state index in [2.05, 4.69) is 9.98 Å². The lowest BCUT2D eigenvalue weighted by molar-refractivity contribution is -0.137. The standard InChI is InChI=1S/C18H16F3N3O2/c1-23-8-11(7-22)16-6-14(12(10-25)9-24-16)15-5-13(18(19,20)21)3-4-17(15)26-2/h3-10H,22H2,1-2H3/b11-7+,23-8?. The number of aldehydes is 1. The molecule has 1 heterocycles. The molecule has 0 aliphatic heterocycles. The molecule has 0 saturated carbocycles. The van der Waals surface area contributed by atoms with Crippen LogP contribution in [0.4, 0.5) is 13.2 Å². The second kappa shape index (κ2) is 7.81. The molecule has 2 aromatic rings. The van der Waals surface area contributed by atoms with Crippen LogP contribution in [-0.2, 0) is 6.18 Å². The zero-order valence-electron chi connectivity index (χ0n) is 14.0. The molecule has 0 saturated heterocycles. The number of pyridine rings is 1. The van der Waals surface area contributed by atoms with Crippen LogP contribution in [0, 0.1) is 0 Å². The van der Waals surface area contributed by atoms with Gasteiger partial charge in [0.15, 0.2) is 6.29 Å². The van der Waals surface area contributed by atoms with Gasteiger partial charge in [-0.3, -0.25) is 14.8 Å². The SMILES string of the molecule is CN=C/C(=C\N)c1cc(-c2cc(C(F)(F)F)ccc2OC)c(C=O)cn1. The summed E-state index contributed by atoms with van der Waals surface area (Å²) in [5.41, 5.74) is 6.00. The van der Waals surface area contributed by atoms with Gasteiger partial charge < -0.3 is 10.5 Å². The predicted molar refractivity (Wildman–Crippen MR) is 93.2 cm³/mol. The van der Waals surface area contributed by atoms with E-state index in [0.29, 0.717) is 17.6 Å². The maximum atomic E-state index is 13.1. The molecule has 0 aliphatic carbocycles. The molecule has 26 heavy (non-hydrogen) atoms. The van der Waals surface area contributed by atoms with Crippen LogP contribution in [-0.4, -0.2) is 31.6 Å². The Labute approximate surface area is 148 Å². The molecule has 2 N–H and O–H groups in total. The lowest BCUT2D eigenvalue weighted by Crippen LogP contribution is -2.06. The first-order chi connectivity index (χ1) is 12.3. The van der Waals surface area contributed by atoms with Gasteiger partial charge in [-0.1, -0.05) is 0 Å². The van der Waals surface area contributed by atoms with Crippen molar-refractivity contribution in [3.8, 4) is 16.9 Å². The van der Waals surface area contributed by atoms with Gasteiger partial charge in [-0.05, 0) is 29.8 Å². The quantitative estimate of drug-likeness (QED) is 0.651. The van der Waals surface area contributed by atoms with Gasteiger partial charge in [0.2, 0.25) is 0 Å². The Morgan fingerprint density at radius 1 is 1.27 bits per heavy atom. The smallest absolute Gasteiger partial charge is 0.416 e. The van der Waals surface area contributed by atoms with Crippen molar-refractivity contribution in [1.82, 2.24) is 4.98 Å². The van der Waals surface area contributed by atoms with E-state index in [1.165, 1.54) is 37.9 Å². The summed E-state index contributed by atoms with van der Waals surface area (Å²) in [4.78, 5) is 19.4.